The van der Waals surface area contributed by atoms with Crippen molar-refractivity contribution in [1.82, 2.24) is 0 Å². The number of benzene rings is 1. The Balaban J connectivity index is 2.92. The number of ether oxygens (including phenoxy) is 1. The van der Waals surface area contributed by atoms with E-state index in [1.807, 2.05) is 0 Å². The molecule has 0 saturated carbocycles. The van der Waals surface area contributed by atoms with E-state index >= 15 is 0 Å². The zero-order valence-electron chi connectivity index (χ0n) is 9.51. The monoisotopic (exact) mass is 271 g/mol. The molecule has 0 aliphatic heterocycles. The topological polar surface area (TPSA) is 84.2 Å². The van der Waals surface area contributed by atoms with E-state index in [9.17, 15) is 17.6 Å². The average Bonchev–Trinajstić information content (AvgIpc) is 2.30. The summed E-state index contributed by atoms with van der Waals surface area (Å²) >= 11 is 0. The second-order valence-corrected chi connectivity index (χ2v) is 5.59. The van der Waals surface area contributed by atoms with E-state index in [1.54, 1.807) is 6.07 Å². The summed E-state index contributed by atoms with van der Waals surface area (Å²) in [6, 6.07) is 5.21. The summed E-state index contributed by atoms with van der Waals surface area (Å²) in [5.41, 5.74) is 0.0134. The smallest absolute Gasteiger partial charge is 0.320 e. The van der Waals surface area contributed by atoms with Crippen LogP contribution in [0.3, 0.4) is 0 Å². The summed E-state index contributed by atoms with van der Waals surface area (Å²) in [7, 11) is -2.72. The lowest BCUT2D eigenvalue weighted by Crippen LogP contribution is -2.19. The summed E-state index contributed by atoms with van der Waals surface area (Å²) in [5.74, 6) is -3.10. The Labute approximate surface area is 104 Å². The molecule has 0 aliphatic rings. The number of nitrogens with zero attached hydrogens (tertiary/aromatic N) is 1. The summed E-state index contributed by atoms with van der Waals surface area (Å²) < 4.78 is 40.8. The first-order valence-electron chi connectivity index (χ1n) is 4.83. The van der Waals surface area contributed by atoms with E-state index in [2.05, 4.69) is 4.74 Å². The average molecular weight is 271 g/mol. The largest absolute Gasteiger partial charge is 0.468 e. The molecule has 0 atom stereocenters. The van der Waals surface area contributed by atoms with E-state index in [4.69, 9.17) is 5.26 Å². The van der Waals surface area contributed by atoms with Gasteiger partial charge in [-0.2, -0.15) is 5.26 Å². The number of esters is 1. The van der Waals surface area contributed by atoms with Gasteiger partial charge < -0.3 is 4.74 Å². The molecule has 1 rings (SSSR count). The maximum atomic E-state index is 13.5. The minimum atomic E-state index is -3.79. The zero-order valence-corrected chi connectivity index (χ0v) is 10.3. The third kappa shape index (κ3) is 3.82. The zero-order chi connectivity index (χ0) is 13.8. The molecule has 0 amide bonds. The fraction of sp³-hybridized carbons (Fsp3) is 0.273. The normalized spacial score (nSPS) is 10.7. The molecular weight excluding hydrogens is 261 g/mol. The standard InChI is InChI=1S/C11H10FNO4S/c1-17-11(14)7-18(15,16)6-9-3-2-8(5-13)4-10(9)12/h2-4H,6-7H2,1H3. The van der Waals surface area contributed by atoms with Gasteiger partial charge in [-0.3, -0.25) is 4.79 Å². The van der Waals surface area contributed by atoms with Gasteiger partial charge in [-0.1, -0.05) is 6.07 Å². The third-order valence-corrected chi connectivity index (χ3v) is 3.55. The summed E-state index contributed by atoms with van der Waals surface area (Å²) in [6.07, 6.45) is 0. The lowest BCUT2D eigenvalue weighted by Gasteiger charge is -2.04. The summed E-state index contributed by atoms with van der Waals surface area (Å²) in [6.45, 7) is 0. The molecule has 0 heterocycles. The van der Waals surface area contributed by atoms with Gasteiger partial charge in [0.2, 0.25) is 0 Å². The van der Waals surface area contributed by atoms with E-state index < -0.39 is 33.1 Å². The van der Waals surface area contributed by atoms with Crippen molar-refractivity contribution in [3.05, 3.63) is 35.1 Å². The lowest BCUT2D eigenvalue weighted by molar-refractivity contribution is -0.137. The molecule has 0 unspecified atom stereocenters. The quantitative estimate of drug-likeness (QED) is 0.756. The van der Waals surface area contributed by atoms with Gasteiger partial charge in [0.05, 0.1) is 24.5 Å². The number of nitriles is 1. The van der Waals surface area contributed by atoms with Gasteiger partial charge in [0, 0.05) is 5.56 Å². The van der Waals surface area contributed by atoms with Crippen LogP contribution >= 0.6 is 0 Å². The SMILES string of the molecule is COC(=O)CS(=O)(=O)Cc1ccc(C#N)cc1F. The first kappa shape index (κ1) is 14.1. The van der Waals surface area contributed by atoms with Crippen molar-refractivity contribution in [3.8, 4) is 6.07 Å². The van der Waals surface area contributed by atoms with Crippen LogP contribution in [0.4, 0.5) is 4.39 Å². The molecule has 5 nitrogen and oxygen atoms in total. The van der Waals surface area contributed by atoms with Crippen molar-refractivity contribution in [3.63, 3.8) is 0 Å². The highest BCUT2D eigenvalue weighted by atomic mass is 32.2. The van der Waals surface area contributed by atoms with Crippen molar-refractivity contribution in [2.24, 2.45) is 0 Å². The number of hydrogen-bond donors (Lipinski definition) is 0. The molecular formula is C11H10FNO4S. The highest BCUT2D eigenvalue weighted by molar-refractivity contribution is 7.91. The fourth-order valence-electron chi connectivity index (χ4n) is 1.26. The third-order valence-electron chi connectivity index (χ3n) is 2.12. The highest BCUT2D eigenvalue weighted by Gasteiger charge is 2.19. The van der Waals surface area contributed by atoms with Gasteiger partial charge in [-0.05, 0) is 12.1 Å². The molecule has 0 aliphatic carbocycles. The first-order chi connectivity index (χ1) is 8.38. The molecule has 0 spiro atoms. The van der Waals surface area contributed by atoms with Gasteiger partial charge >= 0.3 is 5.97 Å². The molecule has 96 valence electrons. The molecule has 1 aromatic carbocycles. The molecule has 0 radical (unpaired) electrons. The molecule has 0 bridgehead atoms. The summed E-state index contributed by atoms with van der Waals surface area (Å²) in [5, 5.41) is 8.54. The van der Waals surface area contributed by atoms with Gasteiger partial charge in [-0.25, -0.2) is 12.8 Å². The van der Waals surface area contributed by atoms with Crippen LogP contribution in [0.5, 0.6) is 0 Å². The Bertz CT molecular complexity index is 604. The molecule has 0 aromatic heterocycles. The van der Waals surface area contributed by atoms with Crippen LogP contribution in [-0.2, 0) is 25.1 Å². The number of sulfone groups is 1. The summed E-state index contributed by atoms with van der Waals surface area (Å²) in [4.78, 5) is 10.9. The Hall–Kier alpha value is -1.94. The molecule has 0 fully saturated rings. The van der Waals surface area contributed by atoms with Crippen LogP contribution in [0.2, 0.25) is 0 Å². The van der Waals surface area contributed by atoms with Crippen LogP contribution in [-0.4, -0.2) is 27.2 Å². The first-order valence-corrected chi connectivity index (χ1v) is 6.66. The van der Waals surface area contributed by atoms with Gasteiger partial charge in [0.25, 0.3) is 0 Å². The number of methoxy groups -OCH3 is 1. The van der Waals surface area contributed by atoms with Crippen molar-refractivity contribution in [1.29, 1.82) is 5.26 Å². The van der Waals surface area contributed by atoms with Gasteiger partial charge in [-0.15, -0.1) is 0 Å². The highest BCUT2D eigenvalue weighted by Crippen LogP contribution is 2.13. The van der Waals surface area contributed by atoms with Crippen molar-refractivity contribution in [2.75, 3.05) is 12.9 Å². The second-order valence-electron chi connectivity index (χ2n) is 3.53. The number of rotatable bonds is 4. The Morgan fingerprint density at radius 3 is 2.67 bits per heavy atom. The molecule has 1 aromatic rings. The minimum Gasteiger partial charge on any atom is -0.468 e. The fourth-order valence-corrected chi connectivity index (χ4v) is 2.55. The van der Waals surface area contributed by atoms with Crippen LogP contribution in [0.25, 0.3) is 0 Å². The van der Waals surface area contributed by atoms with E-state index in [-0.39, 0.29) is 11.1 Å². The molecule has 0 saturated heterocycles. The number of hydrogen-bond acceptors (Lipinski definition) is 5. The van der Waals surface area contributed by atoms with Crippen molar-refractivity contribution < 1.29 is 22.3 Å². The van der Waals surface area contributed by atoms with E-state index in [0.717, 1.165) is 13.2 Å². The number of halogens is 1. The minimum absolute atomic E-state index is 0.0853. The van der Waals surface area contributed by atoms with Gasteiger partial charge in [0.15, 0.2) is 9.84 Å². The van der Waals surface area contributed by atoms with Crippen molar-refractivity contribution >= 4 is 15.8 Å². The van der Waals surface area contributed by atoms with E-state index in [0.29, 0.717) is 0 Å². The predicted molar refractivity (Wildman–Crippen MR) is 60.6 cm³/mol. The Morgan fingerprint density at radius 1 is 1.50 bits per heavy atom. The number of carbonyl (C=O) groups is 1. The van der Waals surface area contributed by atoms with Crippen LogP contribution in [0.15, 0.2) is 18.2 Å². The molecule has 18 heavy (non-hydrogen) atoms. The van der Waals surface area contributed by atoms with Crippen molar-refractivity contribution in [2.45, 2.75) is 5.75 Å². The van der Waals surface area contributed by atoms with Crippen LogP contribution < -0.4 is 0 Å². The van der Waals surface area contributed by atoms with Crippen LogP contribution in [0.1, 0.15) is 11.1 Å². The molecule has 7 heteroatoms. The Morgan fingerprint density at radius 2 is 2.17 bits per heavy atom. The second kappa shape index (κ2) is 5.60. The van der Waals surface area contributed by atoms with Crippen LogP contribution in [0, 0.1) is 17.1 Å². The predicted octanol–water partition coefficient (Wildman–Crippen LogP) is 0.785. The van der Waals surface area contributed by atoms with E-state index in [1.165, 1.54) is 12.1 Å². The number of carbonyl (C=O) groups excluding carboxylic acids is 1. The molecule has 0 N–H and O–H groups in total. The Kier molecular flexibility index (Phi) is 4.39. The lowest BCUT2D eigenvalue weighted by atomic mass is 10.1. The maximum absolute atomic E-state index is 13.5. The van der Waals surface area contributed by atoms with Gasteiger partial charge in [0.1, 0.15) is 11.6 Å². The maximum Gasteiger partial charge on any atom is 0.320 e.